The lowest BCUT2D eigenvalue weighted by atomic mass is 10.2. The van der Waals surface area contributed by atoms with Crippen LogP contribution in [0.5, 0.6) is 11.5 Å². The van der Waals surface area contributed by atoms with E-state index < -0.39 is 10.0 Å². The molecule has 0 saturated carbocycles. The average molecular weight is 500 g/mol. The molecule has 0 unspecified atom stereocenters. The third-order valence-corrected chi connectivity index (χ3v) is 7.91. The molecule has 0 radical (unpaired) electrons. The minimum Gasteiger partial charge on any atom is -0.497 e. The lowest BCUT2D eigenvalue weighted by Gasteiger charge is -2.32. The number of halogens is 2. The van der Waals surface area contributed by atoms with Crippen LogP contribution in [0.3, 0.4) is 0 Å². The summed E-state index contributed by atoms with van der Waals surface area (Å²) >= 11 is 6.78. The van der Waals surface area contributed by atoms with Crippen molar-refractivity contribution in [3.05, 3.63) is 53.2 Å². The Balaban J connectivity index is 0.00000289. The van der Waals surface area contributed by atoms with E-state index in [1.807, 2.05) is 0 Å². The summed E-state index contributed by atoms with van der Waals surface area (Å²) in [5.74, 6) is 1.22. The summed E-state index contributed by atoms with van der Waals surface area (Å²) in [6.07, 6.45) is 0. The van der Waals surface area contributed by atoms with E-state index in [0.29, 0.717) is 39.7 Å². The van der Waals surface area contributed by atoms with Gasteiger partial charge in [-0.15, -0.1) is 12.4 Å². The van der Waals surface area contributed by atoms with Crippen LogP contribution < -0.4 is 9.47 Å². The van der Waals surface area contributed by atoms with Crippen LogP contribution in [-0.4, -0.2) is 69.6 Å². The molecule has 7 nitrogen and oxygen atoms in total. The summed E-state index contributed by atoms with van der Waals surface area (Å²) in [6, 6.07) is 11.7. The van der Waals surface area contributed by atoms with E-state index in [2.05, 4.69) is 16.8 Å². The molecular formula is C22H27Cl2N3O4S. The first-order valence-corrected chi connectivity index (χ1v) is 11.8. The van der Waals surface area contributed by atoms with Gasteiger partial charge in [-0.05, 0) is 49.5 Å². The number of fused-ring (bicyclic) bond motifs is 1. The predicted molar refractivity (Wildman–Crippen MR) is 129 cm³/mol. The summed E-state index contributed by atoms with van der Waals surface area (Å²) in [5.41, 5.74) is 1.09. The molecule has 0 bridgehead atoms. The number of piperazine rings is 1. The molecule has 2 aromatic carbocycles. The Morgan fingerprint density at radius 1 is 0.938 bits per heavy atom. The third kappa shape index (κ3) is 4.56. The van der Waals surface area contributed by atoms with Gasteiger partial charge in [-0.1, -0.05) is 11.6 Å². The normalized spacial score (nSPS) is 15.5. The smallest absolute Gasteiger partial charge is 0.268 e. The monoisotopic (exact) mass is 499 g/mol. The van der Waals surface area contributed by atoms with Crippen molar-refractivity contribution in [2.75, 3.05) is 47.4 Å². The molecule has 1 aliphatic heterocycles. The van der Waals surface area contributed by atoms with Crippen molar-refractivity contribution in [3.63, 3.8) is 0 Å². The van der Waals surface area contributed by atoms with Crippen LogP contribution in [0.15, 0.2) is 47.4 Å². The number of benzene rings is 2. The van der Waals surface area contributed by atoms with Crippen molar-refractivity contribution in [1.29, 1.82) is 0 Å². The van der Waals surface area contributed by atoms with Gasteiger partial charge in [0.2, 0.25) is 0 Å². The van der Waals surface area contributed by atoms with Gasteiger partial charge in [0.15, 0.2) is 0 Å². The zero-order valence-corrected chi connectivity index (χ0v) is 20.6. The van der Waals surface area contributed by atoms with Gasteiger partial charge in [0.1, 0.15) is 11.5 Å². The van der Waals surface area contributed by atoms with E-state index in [9.17, 15) is 8.42 Å². The maximum Gasteiger partial charge on any atom is 0.268 e. The Labute approximate surface area is 199 Å². The van der Waals surface area contributed by atoms with Crippen molar-refractivity contribution in [1.82, 2.24) is 13.8 Å². The molecule has 0 spiro atoms. The molecule has 0 atom stereocenters. The highest BCUT2D eigenvalue weighted by Crippen LogP contribution is 2.37. The van der Waals surface area contributed by atoms with E-state index in [1.165, 1.54) is 3.97 Å². The second-order valence-electron chi connectivity index (χ2n) is 7.67. The van der Waals surface area contributed by atoms with Crippen LogP contribution in [-0.2, 0) is 16.6 Å². The van der Waals surface area contributed by atoms with Crippen LogP contribution >= 0.6 is 24.0 Å². The van der Waals surface area contributed by atoms with Crippen LogP contribution in [0.1, 0.15) is 5.69 Å². The van der Waals surface area contributed by atoms with Crippen molar-refractivity contribution in [2.24, 2.45) is 0 Å². The second kappa shape index (κ2) is 9.89. The van der Waals surface area contributed by atoms with E-state index in [-0.39, 0.29) is 17.3 Å². The van der Waals surface area contributed by atoms with Crippen molar-refractivity contribution >= 4 is 44.9 Å². The molecule has 32 heavy (non-hydrogen) atoms. The van der Waals surface area contributed by atoms with Gasteiger partial charge in [0.05, 0.1) is 35.3 Å². The maximum absolute atomic E-state index is 13.7. The maximum atomic E-state index is 13.7. The van der Waals surface area contributed by atoms with E-state index >= 15 is 0 Å². The molecule has 10 heteroatoms. The summed E-state index contributed by atoms with van der Waals surface area (Å²) in [6.45, 7) is 3.99. The van der Waals surface area contributed by atoms with Gasteiger partial charge in [0, 0.05) is 38.1 Å². The Morgan fingerprint density at radius 3 is 2.12 bits per heavy atom. The molecule has 1 aromatic heterocycles. The van der Waals surface area contributed by atoms with Gasteiger partial charge >= 0.3 is 0 Å². The lowest BCUT2D eigenvalue weighted by molar-refractivity contribution is 0.147. The zero-order valence-electron chi connectivity index (χ0n) is 18.2. The molecule has 0 N–H and O–H groups in total. The number of aromatic nitrogens is 1. The standard InChI is InChI=1S/C22H26ClN3O4S.ClH/c1-24-10-12-25(13-11-24)15-21-22(23)19-14-17(30-3)6-9-20(19)26(21)31(27,28)18-7-4-16(29-2)5-8-18;/h4-9,14H,10-13,15H2,1-3H3;1H. The average Bonchev–Trinajstić information content (AvgIpc) is 3.06. The van der Waals surface area contributed by atoms with Crippen LogP contribution in [0.4, 0.5) is 0 Å². The fraction of sp³-hybridized carbons (Fsp3) is 0.364. The van der Waals surface area contributed by atoms with Crippen molar-refractivity contribution < 1.29 is 17.9 Å². The van der Waals surface area contributed by atoms with Gasteiger partial charge in [-0.3, -0.25) is 4.90 Å². The number of ether oxygens (including phenoxy) is 2. The molecule has 1 fully saturated rings. The molecule has 0 aliphatic carbocycles. The Kier molecular flexibility index (Phi) is 7.62. The summed E-state index contributed by atoms with van der Waals surface area (Å²) in [4.78, 5) is 4.67. The highest BCUT2D eigenvalue weighted by molar-refractivity contribution is 7.90. The van der Waals surface area contributed by atoms with Crippen LogP contribution in [0, 0.1) is 0 Å². The fourth-order valence-corrected chi connectivity index (χ4v) is 5.76. The summed E-state index contributed by atoms with van der Waals surface area (Å²) in [5, 5.41) is 1.09. The number of hydrogen-bond donors (Lipinski definition) is 0. The highest BCUT2D eigenvalue weighted by Gasteiger charge is 2.28. The number of nitrogens with zero attached hydrogens (tertiary/aromatic N) is 3. The number of rotatable bonds is 6. The van der Waals surface area contributed by atoms with Gasteiger partial charge in [-0.2, -0.15) is 0 Å². The first-order chi connectivity index (χ1) is 14.8. The molecule has 1 aliphatic rings. The second-order valence-corrected chi connectivity index (χ2v) is 9.83. The van der Waals surface area contributed by atoms with E-state index in [0.717, 1.165) is 26.2 Å². The minimum absolute atomic E-state index is 0. The van der Waals surface area contributed by atoms with Gasteiger partial charge < -0.3 is 14.4 Å². The summed E-state index contributed by atoms with van der Waals surface area (Å²) in [7, 11) is 1.32. The highest BCUT2D eigenvalue weighted by atomic mass is 35.5. The molecule has 0 amide bonds. The van der Waals surface area contributed by atoms with Crippen LogP contribution in [0.25, 0.3) is 10.9 Å². The predicted octanol–water partition coefficient (Wildman–Crippen LogP) is 3.72. The van der Waals surface area contributed by atoms with Crippen LogP contribution in [0.2, 0.25) is 5.02 Å². The Morgan fingerprint density at radius 2 is 1.53 bits per heavy atom. The molecular weight excluding hydrogens is 473 g/mol. The number of hydrogen-bond acceptors (Lipinski definition) is 6. The molecule has 4 rings (SSSR count). The quantitative estimate of drug-likeness (QED) is 0.514. The SMILES string of the molecule is COc1ccc(S(=O)(=O)n2c(CN3CCN(C)CC3)c(Cl)c3cc(OC)ccc32)cc1.Cl. The Bertz CT molecular complexity index is 1190. The minimum atomic E-state index is -3.88. The Hall–Kier alpha value is -1.97. The third-order valence-electron chi connectivity index (χ3n) is 5.72. The molecule has 3 aromatic rings. The zero-order chi connectivity index (χ0) is 22.2. The number of methoxy groups -OCH3 is 2. The summed E-state index contributed by atoms with van der Waals surface area (Å²) < 4.78 is 39.4. The fourth-order valence-electron chi connectivity index (χ4n) is 3.86. The lowest BCUT2D eigenvalue weighted by Crippen LogP contribution is -2.44. The first kappa shape index (κ1) is 24.7. The van der Waals surface area contributed by atoms with E-state index in [1.54, 1.807) is 56.7 Å². The molecule has 174 valence electrons. The van der Waals surface area contributed by atoms with Gasteiger partial charge in [-0.25, -0.2) is 12.4 Å². The van der Waals surface area contributed by atoms with E-state index in [4.69, 9.17) is 21.1 Å². The molecule has 2 heterocycles. The first-order valence-electron chi connectivity index (χ1n) is 10.0. The largest absolute Gasteiger partial charge is 0.497 e. The van der Waals surface area contributed by atoms with Gasteiger partial charge in [0.25, 0.3) is 10.0 Å². The number of likely N-dealkylation sites (N-methyl/N-ethyl adjacent to an activating group) is 1. The topological polar surface area (TPSA) is 64.0 Å². The van der Waals surface area contributed by atoms with Crippen molar-refractivity contribution in [2.45, 2.75) is 11.4 Å². The molecule has 1 saturated heterocycles. The van der Waals surface area contributed by atoms with Crippen molar-refractivity contribution in [3.8, 4) is 11.5 Å².